The minimum atomic E-state index is -0.486. The molecule has 5 rings (SSSR count). The molecule has 1 amide bonds. The van der Waals surface area contributed by atoms with Gasteiger partial charge in [0.05, 0.1) is 6.61 Å². The molecule has 2 saturated heterocycles. The number of carbonyl (C=O) groups is 2. The molecule has 3 aliphatic heterocycles. The van der Waals surface area contributed by atoms with Crippen LogP contribution in [0.1, 0.15) is 54.9 Å². The summed E-state index contributed by atoms with van der Waals surface area (Å²) >= 11 is 0. The SMILES string of the molecule is CCOC(=O)C(c1ccc(OC2CCN(C(C)=O)CC2)cc1)c1ccc2c(c1)CN(C1NN1)CC2. The lowest BCUT2D eigenvalue weighted by Crippen LogP contribution is -2.40. The van der Waals surface area contributed by atoms with Crippen molar-refractivity contribution in [2.45, 2.75) is 58.0 Å². The summed E-state index contributed by atoms with van der Waals surface area (Å²) < 4.78 is 11.6. The van der Waals surface area contributed by atoms with Crippen molar-refractivity contribution in [3.05, 3.63) is 64.7 Å². The van der Waals surface area contributed by atoms with Crippen molar-refractivity contribution in [1.29, 1.82) is 0 Å². The quantitative estimate of drug-likeness (QED) is 0.466. The number of ether oxygens (including phenoxy) is 2. The fraction of sp³-hybridized carbons (Fsp3) is 0.481. The second-order valence-corrected chi connectivity index (χ2v) is 9.52. The lowest BCUT2D eigenvalue weighted by atomic mass is 9.87. The van der Waals surface area contributed by atoms with Crippen molar-refractivity contribution in [3.8, 4) is 5.75 Å². The van der Waals surface area contributed by atoms with E-state index in [1.54, 1.807) is 6.92 Å². The number of piperidine rings is 1. The maximum atomic E-state index is 13.1. The van der Waals surface area contributed by atoms with E-state index in [1.165, 1.54) is 11.1 Å². The van der Waals surface area contributed by atoms with Crippen LogP contribution >= 0.6 is 0 Å². The minimum absolute atomic E-state index is 0.0938. The third-order valence-electron chi connectivity index (χ3n) is 7.17. The minimum Gasteiger partial charge on any atom is -0.490 e. The number of nitrogens with zero attached hydrogens (tertiary/aromatic N) is 2. The molecule has 2 aromatic rings. The van der Waals surface area contributed by atoms with Crippen molar-refractivity contribution >= 4 is 11.9 Å². The van der Waals surface area contributed by atoms with E-state index < -0.39 is 5.92 Å². The Labute approximate surface area is 206 Å². The van der Waals surface area contributed by atoms with Gasteiger partial charge < -0.3 is 14.4 Å². The van der Waals surface area contributed by atoms with Crippen LogP contribution in [0.2, 0.25) is 0 Å². The molecule has 0 radical (unpaired) electrons. The number of amides is 1. The lowest BCUT2D eigenvalue weighted by molar-refractivity contribution is -0.143. The molecule has 8 heteroatoms. The number of rotatable bonds is 7. The summed E-state index contributed by atoms with van der Waals surface area (Å²) in [5, 5.41) is 0. The summed E-state index contributed by atoms with van der Waals surface area (Å²) in [7, 11) is 0. The molecule has 0 aromatic heterocycles. The summed E-state index contributed by atoms with van der Waals surface area (Å²) in [6.45, 7) is 7.10. The van der Waals surface area contributed by atoms with Crippen LogP contribution in [0.5, 0.6) is 5.75 Å². The monoisotopic (exact) mass is 478 g/mol. The Hall–Kier alpha value is -2.94. The molecule has 186 valence electrons. The highest BCUT2D eigenvalue weighted by Crippen LogP contribution is 2.32. The maximum absolute atomic E-state index is 13.1. The first kappa shape index (κ1) is 23.8. The molecule has 3 aliphatic rings. The Morgan fingerprint density at radius 3 is 2.37 bits per heavy atom. The third kappa shape index (κ3) is 5.50. The Morgan fingerprint density at radius 1 is 1.00 bits per heavy atom. The van der Waals surface area contributed by atoms with E-state index in [9.17, 15) is 9.59 Å². The summed E-state index contributed by atoms with van der Waals surface area (Å²) in [5.41, 5.74) is 10.7. The van der Waals surface area contributed by atoms with E-state index in [4.69, 9.17) is 9.47 Å². The molecule has 2 N–H and O–H groups in total. The molecular weight excluding hydrogens is 444 g/mol. The van der Waals surface area contributed by atoms with Gasteiger partial charge in [0.25, 0.3) is 0 Å². The number of benzene rings is 2. The van der Waals surface area contributed by atoms with Crippen molar-refractivity contribution < 1.29 is 19.1 Å². The van der Waals surface area contributed by atoms with Gasteiger partial charge in [0.2, 0.25) is 5.91 Å². The molecule has 2 fully saturated rings. The van der Waals surface area contributed by atoms with Gasteiger partial charge in [0.15, 0.2) is 0 Å². The van der Waals surface area contributed by atoms with Crippen LogP contribution in [0, 0.1) is 0 Å². The van der Waals surface area contributed by atoms with Crippen molar-refractivity contribution in [3.63, 3.8) is 0 Å². The zero-order chi connectivity index (χ0) is 24.4. The number of hydrogen-bond acceptors (Lipinski definition) is 7. The Balaban J connectivity index is 1.32. The largest absolute Gasteiger partial charge is 0.490 e. The van der Waals surface area contributed by atoms with Crippen LogP contribution in [-0.4, -0.2) is 60.3 Å². The predicted octanol–water partition coefficient (Wildman–Crippen LogP) is 2.52. The second-order valence-electron chi connectivity index (χ2n) is 9.52. The third-order valence-corrected chi connectivity index (χ3v) is 7.17. The van der Waals surface area contributed by atoms with E-state index in [1.807, 2.05) is 36.1 Å². The molecule has 1 unspecified atom stereocenters. The summed E-state index contributed by atoms with van der Waals surface area (Å²) in [5.74, 6) is 0.174. The molecule has 0 spiro atoms. The number of likely N-dealkylation sites (tertiary alicyclic amines) is 1. The number of esters is 1. The second kappa shape index (κ2) is 10.4. The first-order chi connectivity index (χ1) is 17.0. The first-order valence-electron chi connectivity index (χ1n) is 12.6. The van der Waals surface area contributed by atoms with E-state index in [0.29, 0.717) is 6.61 Å². The molecule has 2 aromatic carbocycles. The molecule has 8 nitrogen and oxygen atoms in total. The van der Waals surface area contributed by atoms with Gasteiger partial charge in [-0.05, 0) is 47.7 Å². The topological polar surface area (TPSA) is 103 Å². The molecule has 1 atom stereocenters. The van der Waals surface area contributed by atoms with Gasteiger partial charge in [-0.15, -0.1) is 0 Å². The highest BCUT2D eigenvalue weighted by molar-refractivity contribution is 5.82. The van der Waals surface area contributed by atoms with Crippen LogP contribution in [0.3, 0.4) is 0 Å². The van der Waals surface area contributed by atoms with Gasteiger partial charge in [-0.1, -0.05) is 30.3 Å². The fourth-order valence-corrected chi connectivity index (χ4v) is 5.13. The van der Waals surface area contributed by atoms with Gasteiger partial charge in [-0.2, -0.15) is 0 Å². The van der Waals surface area contributed by atoms with Crippen molar-refractivity contribution in [1.82, 2.24) is 20.7 Å². The molecule has 0 aliphatic carbocycles. The smallest absolute Gasteiger partial charge is 0.317 e. The van der Waals surface area contributed by atoms with Crippen LogP contribution in [0.15, 0.2) is 42.5 Å². The number of nitrogens with one attached hydrogen (secondary N) is 2. The van der Waals surface area contributed by atoms with Gasteiger partial charge in [-0.3, -0.25) is 14.5 Å². The van der Waals surface area contributed by atoms with Crippen molar-refractivity contribution in [2.75, 3.05) is 26.2 Å². The van der Waals surface area contributed by atoms with Gasteiger partial charge in [-0.25, -0.2) is 10.9 Å². The van der Waals surface area contributed by atoms with Crippen molar-refractivity contribution in [2.24, 2.45) is 0 Å². The molecule has 3 heterocycles. The van der Waals surface area contributed by atoms with Gasteiger partial charge >= 0.3 is 5.97 Å². The van der Waals surface area contributed by atoms with Crippen LogP contribution < -0.4 is 15.6 Å². The number of hydrogen-bond donors (Lipinski definition) is 2. The average molecular weight is 479 g/mol. The summed E-state index contributed by atoms with van der Waals surface area (Å²) in [4.78, 5) is 28.8. The number of hydrazine groups is 1. The predicted molar refractivity (Wildman–Crippen MR) is 131 cm³/mol. The Morgan fingerprint density at radius 2 is 1.71 bits per heavy atom. The van der Waals surface area contributed by atoms with Crippen LogP contribution in [-0.2, 0) is 27.3 Å². The van der Waals surface area contributed by atoms with E-state index >= 15 is 0 Å². The lowest BCUT2D eigenvalue weighted by Gasteiger charge is -2.31. The summed E-state index contributed by atoms with van der Waals surface area (Å²) in [6.07, 6.45) is 2.98. The number of fused-ring (bicyclic) bond motifs is 1. The van der Waals surface area contributed by atoms with Crippen LogP contribution in [0.4, 0.5) is 0 Å². The Bertz CT molecular complexity index is 1060. The first-order valence-corrected chi connectivity index (χ1v) is 12.6. The van der Waals surface area contributed by atoms with Crippen LogP contribution in [0.25, 0.3) is 0 Å². The Kier molecular flexibility index (Phi) is 7.04. The normalized spacial score (nSPS) is 19.7. The highest BCUT2D eigenvalue weighted by Gasteiger charge is 2.31. The molecule has 35 heavy (non-hydrogen) atoms. The van der Waals surface area contributed by atoms with E-state index in [2.05, 4.69) is 34.0 Å². The average Bonchev–Trinajstić information content (AvgIpc) is 3.71. The summed E-state index contributed by atoms with van der Waals surface area (Å²) in [6, 6.07) is 14.2. The fourth-order valence-electron chi connectivity index (χ4n) is 5.13. The number of carbonyl (C=O) groups excluding carboxylic acids is 2. The molecule has 0 saturated carbocycles. The standard InChI is InChI=1S/C27H34N4O4/c1-3-34-26(33)25(21-5-4-19-10-13-31(27-28-29-27)17-22(19)16-21)20-6-8-23(9-7-20)35-24-11-14-30(15-12-24)18(2)32/h4-9,16,24-25,27-29H,3,10-15,17H2,1-2H3. The molecular formula is C27H34N4O4. The zero-order valence-electron chi connectivity index (χ0n) is 20.5. The maximum Gasteiger partial charge on any atom is 0.317 e. The highest BCUT2D eigenvalue weighted by atomic mass is 16.5. The zero-order valence-corrected chi connectivity index (χ0v) is 20.5. The molecule has 0 bridgehead atoms. The van der Waals surface area contributed by atoms with E-state index in [0.717, 1.165) is 62.3 Å². The van der Waals surface area contributed by atoms with E-state index in [-0.39, 0.29) is 24.3 Å². The van der Waals surface area contributed by atoms with Gasteiger partial charge in [0, 0.05) is 45.9 Å². The van der Waals surface area contributed by atoms with Gasteiger partial charge in [0.1, 0.15) is 24.1 Å².